The van der Waals surface area contributed by atoms with Gasteiger partial charge < -0.3 is 19.1 Å². The predicted octanol–water partition coefficient (Wildman–Crippen LogP) is 3.27. The van der Waals surface area contributed by atoms with Gasteiger partial charge >= 0.3 is 0 Å². The molecule has 0 saturated carbocycles. The first kappa shape index (κ1) is 22.0. The lowest BCUT2D eigenvalue weighted by atomic mass is 10.0. The van der Waals surface area contributed by atoms with Crippen LogP contribution in [0.3, 0.4) is 0 Å². The van der Waals surface area contributed by atoms with E-state index in [0.717, 1.165) is 50.7 Å². The van der Waals surface area contributed by atoms with Gasteiger partial charge in [-0.3, -0.25) is 9.80 Å². The average Bonchev–Trinajstić information content (AvgIpc) is 2.72. The fourth-order valence-corrected chi connectivity index (χ4v) is 4.20. The van der Waals surface area contributed by atoms with Crippen LogP contribution in [0.15, 0.2) is 17.1 Å². The van der Waals surface area contributed by atoms with Gasteiger partial charge in [0.15, 0.2) is 0 Å². The molecule has 0 atom stereocenters. The van der Waals surface area contributed by atoms with Gasteiger partial charge in [-0.25, -0.2) is 4.99 Å². The van der Waals surface area contributed by atoms with Crippen molar-refractivity contribution < 1.29 is 14.2 Å². The third-order valence-corrected chi connectivity index (χ3v) is 5.71. The molecule has 1 aromatic carbocycles. The zero-order chi connectivity index (χ0) is 20.8. The van der Waals surface area contributed by atoms with Crippen LogP contribution in [0.1, 0.15) is 32.3 Å². The Kier molecular flexibility index (Phi) is 7.86. The highest BCUT2D eigenvalue weighted by atomic mass is 35.5. The first-order valence-corrected chi connectivity index (χ1v) is 10.8. The Morgan fingerprint density at radius 2 is 1.72 bits per heavy atom. The molecule has 3 rings (SSSR count). The zero-order valence-corrected chi connectivity index (χ0v) is 18.7. The Hall–Kier alpha value is -1.70. The largest absolute Gasteiger partial charge is 0.492 e. The van der Waals surface area contributed by atoms with Crippen LogP contribution in [0.5, 0.6) is 11.5 Å². The van der Waals surface area contributed by atoms with E-state index in [2.05, 4.69) is 26.7 Å². The monoisotopic (exact) mass is 424 g/mol. The summed E-state index contributed by atoms with van der Waals surface area (Å²) in [5.74, 6) is 1.39. The summed E-state index contributed by atoms with van der Waals surface area (Å²) < 4.78 is 16.9. The van der Waals surface area contributed by atoms with Crippen molar-refractivity contribution in [1.29, 1.82) is 0 Å². The van der Waals surface area contributed by atoms with Crippen LogP contribution in [-0.2, 0) is 11.3 Å². The number of hydrogen-bond acceptors (Lipinski definition) is 7. The molecule has 0 aliphatic carbocycles. The van der Waals surface area contributed by atoms with Crippen molar-refractivity contribution in [2.24, 2.45) is 4.99 Å². The van der Waals surface area contributed by atoms with Crippen molar-refractivity contribution in [1.82, 2.24) is 14.7 Å². The van der Waals surface area contributed by atoms with Crippen LogP contribution in [0.2, 0.25) is 5.02 Å². The van der Waals surface area contributed by atoms with Crippen molar-refractivity contribution in [3.8, 4) is 11.5 Å². The number of halogens is 1. The van der Waals surface area contributed by atoms with E-state index in [4.69, 9.17) is 25.8 Å². The van der Waals surface area contributed by atoms with Gasteiger partial charge in [-0.05, 0) is 51.4 Å². The van der Waals surface area contributed by atoms with E-state index >= 15 is 0 Å². The number of aliphatic imine (C=N–C) groups is 1. The maximum atomic E-state index is 6.43. The SMILES string of the molecule is CCOc1cc(CN2CCC(N3CN(C)CN=C3OC)CC2)cc(OCC)c1Cl. The van der Waals surface area contributed by atoms with Gasteiger partial charge in [0.1, 0.15) is 16.5 Å². The second-order valence-corrected chi connectivity index (χ2v) is 7.91. The van der Waals surface area contributed by atoms with E-state index in [1.807, 2.05) is 26.0 Å². The highest BCUT2D eigenvalue weighted by molar-refractivity contribution is 6.33. The van der Waals surface area contributed by atoms with Crippen LogP contribution in [0, 0.1) is 0 Å². The molecule has 0 aromatic heterocycles. The predicted molar refractivity (Wildman–Crippen MR) is 116 cm³/mol. The molecule has 0 amide bonds. The average molecular weight is 425 g/mol. The van der Waals surface area contributed by atoms with Crippen molar-refractivity contribution in [2.45, 2.75) is 39.3 Å². The number of piperidine rings is 1. The summed E-state index contributed by atoms with van der Waals surface area (Å²) >= 11 is 6.43. The molecule has 7 nitrogen and oxygen atoms in total. The summed E-state index contributed by atoms with van der Waals surface area (Å²) in [6.07, 6.45) is 2.17. The standard InChI is InChI=1S/C21H33ClN4O3/c1-5-28-18-11-16(12-19(20(18)22)29-6-2)13-25-9-7-17(8-10-25)26-15-24(3)14-23-21(26)27-4/h11-12,17H,5-10,13-15H2,1-4H3. The summed E-state index contributed by atoms with van der Waals surface area (Å²) in [4.78, 5) is 11.5. The molecule has 1 aromatic rings. The normalized spacial score (nSPS) is 19.2. The third-order valence-electron chi connectivity index (χ3n) is 5.34. The van der Waals surface area contributed by atoms with E-state index in [-0.39, 0.29) is 0 Å². The van der Waals surface area contributed by atoms with Crippen molar-refractivity contribution in [2.75, 3.05) is 53.8 Å². The minimum Gasteiger partial charge on any atom is -0.492 e. The van der Waals surface area contributed by atoms with Crippen LogP contribution in [0.25, 0.3) is 0 Å². The van der Waals surface area contributed by atoms with E-state index in [1.54, 1.807) is 7.11 Å². The molecule has 1 saturated heterocycles. The van der Waals surface area contributed by atoms with Crippen LogP contribution in [0.4, 0.5) is 0 Å². The Labute approximate surface area is 179 Å². The van der Waals surface area contributed by atoms with Gasteiger partial charge in [0.25, 0.3) is 6.02 Å². The lowest BCUT2D eigenvalue weighted by Crippen LogP contribution is -2.53. The van der Waals surface area contributed by atoms with Gasteiger partial charge in [-0.2, -0.15) is 0 Å². The maximum Gasteiger partial charge on any atom is 0.289 e. The Morgan fingerprint density at radius 1 is 1.10 bits per heavy atom. The van der Waals surface area contributed by atoms with Gasteiger partial charge in [0, 0.05) is 25.7 Å². The molecule has 1 fully saturated rings. The Bertz CT molecular complexity index is 680. The summed E-state index contributed by atoms with van der Waals surface area (Å²) in [6.45, 7) is 9.55. The van der Waals surface area contributed by atoms with Gasteiger partial charge in [0.05, 0.1) is 33.7 Å². The lowest BCUT2D eigenvalue weighted by molar-refractivity contribution is 0.0813. The first-order valence-electron chi connectivity index (χ1n) is 10.4. The van der Waals surface area contributed by atoms with Crippen molar-refractivity contribution in [3.05, 3.63) is 22.7 Å². The molecule has 162 valence electrons. The number of nitrogens with zero attached hydrogens (tertiary/aromatic N) is 4. The van der Waals surface area contributed by atoms with E-state index < -0.39 is 0 Å². The topological polar surface area (TPSA) is 49.8 Å². The maximum absolute atomic E-state index is 6.43. The van der Waals surface area contributed by atoms with E-state index in [0.29, 0.717) is 42.4 Å². The summed E-state index contributed by atoms with van der Waals surface area (Å²) in [7, 11) is 3.79. The fourth-order valence-electron chi connectivity index (χ4n) is 3.98. The second kappa shape index (κ2) is 10.4. The van der Waals surface area contributed by atoms with Crippen LogP contribution in [-0.4, -0.2) is 80.6 Å². The highest BCUT2D eigenvalue weighted by Crippen LogP contribution is 2.36. The molecular weight excluding hydrogens is 392 g/mol. The molecule has 29 heavy (non-hydrogen) atoms. The summed E-state index contributed by atoms with van der Waals surface area (Å²) in [6, 6.07) is 5.30. The van der Waals surface area contributed by atoms with Crippen molar-refractivity contribution in [3.63, 3.8) is 0 Å². The molecule has 2 aliphatic heterocycles. The quantitative estimate of drug-likeness (QED) is 0.669. The van der Waals surface area contributed by atoms with E-state index in [1.165, 1.54) is 0 Å². The number of hydrogen-bond donors (Lipinski definition) is 0. The summed E-state index contributed by atoms with van der Waals surface area (Å²) in [5, 5.41) is 0.553. The molecule has 0 radical (unpaired) electrons. The first-order chi connectivity index (χ1) is 14.0. The van der Waals surface area contributed by atoms with Crippen LogP contribution >= 0.6 is 11.6 Å². The number of amidine groups is 1. The van der Waals surface area contributed by atoms with Crippen molar-refractivity contribution >= 4 is 17.6 Å². The lowest BCUT2D eigenvalue weighted by Gasteiger charge is -2.42. The minimum atomic E-state index is 0.455. The molecule has 0 bridgehead atoms. The third kappa shape index (κ3) is 5.47. The molecule has 0 N–H and O–H groups in total. The molecule has 2 heterocycles. The zero-order valence-electron chi connectivity index (χ0n) is 18.0. The number of benzene rings is 1. The molecular formula is C21H33ClN4O3. The Balaban J connectivity index is 1.63. The number of ether oxygens (including phenoxy) is 3. The van der Waals surface area contributed by atoms with Gasteiger partial charge in [-0.15, -0.1) is 0 Å². The van der Waals surface area contributed by atoms with Gasteiger partial charge in [-0.1, -0.05) is 11.6 Å². The van der Waals surface area contributed by atoms with E-state index in [9.17, 15) is 0 Å². The molecule has 2 aliphatic rings. The van der Waals surface area contributed by atoms with Gasteiger partial charge in [0.2, 0.25) is 0 Å². The Morgan fingerprint density at radius 3 is 2.28 bits per heavy atom. The smallest absolute Gasteiger partial charge is 0.289 e. The van der Waals surface area contributed by atoms with Crippen LogP contribution < -0.4 is 9.47 Å². The fraction of sp³-hybridized carbons (Fsp3) is 0.667. The molecule has 0 spiro atoms. The molecule has 8 heteroatoms. The minimum absolute atomic E-state index is 0.455. The second-order valence-electron chi connectivity index (χ2n) is 7.53. The summed E-state index contributed by atoms with van der Waals surface area (Å²) in [5.41, 5.74) is 1.16. The number of rotatable bonds is 7. The highest BCUT2D eigenvalue weighted by Gasteiger charge is 2.30. The number of methoxy groups -OCH3 is 1. The number of likely N-dealkylation sites (tertiary alicyclic amines) is 1. The molecule has 0 unspecified atom stereocenters.